The van der Waals surface area contributed by atoms with E-state index in [0.717, 1.165) is 12.6 Å². The molecule has 94 valence electrons. The quantitative estimate of drug-likeness (QED) is 0.758. The Morgan fingerprint density at radius 2 is 1.81 bits per heavy atom. The first-order valence-corrected chi connectivity index (χ1v) is 6.98. The van der Waals surface area contributed by atoms with Crippen molar-refractivity contribution < 1.29 is 0 Å². The highest BCUT2D eigenvalue weighted by Crippen LogP contribution is 2.17. The Labute approximate surface area is 99.8 Å². The first-order chi connectivity index (χ1) is 7.75. The minimum absolute atomic E-state index is 0.467. The smallest absolute Gasteiger partial charge is 0.0192 e. The van der Waals surface area contributed by atoms with Crippen molar-refractivity contribution in [3.63, 3.8) is 0 Å². The Morgan fingerprint density at radius 3 is 2.44 bits per heavy atom. The van der Waals surface area contributed by atoms with Crippen LogP contribution in [0.4, 0.5) is 0 Å². The molecule has 0 aromatic rings. The molecule has 0 bridgehead atoms. The van der Waals surface area contributed by atoms with Gasteiger partial charge in [0.15, 0.2) is 0 Å². The van der Waals surface area contributed by atoms with E-state index in [1.165, 1.54) is 51.6 Å². The van der Waals surface area contributed by atoms with E-state index in [0.29, 0.717) is 12.1 Å². The molecule has 3 heteroatoms. The van der Waals surface area contributed by atoms with Crippen molar-refractivity contribution in [2.75, 3.05) is 19.6 Å². The third-order valence-electron chi connectivity index (χ3n) is 4.24. The Balaban J connectivity index is 1.62. The molecule has 0 spiro atoms. The Bertz CT molecular complexity index is 193. The highest BCUT2D eigenvalue weighted by atomic mass is 15.2. The molecule has 1 unspecified atom stereocenters. The van der Waals surface area contributed by atoms with Crippen molar-refractivity contribution in [1.82, 2.24) is 10.2 Å². The van der Waals surface area contributed by atoms with Crippen LogP contribution in [0.5, 0.6) is 0 Å². The van der Waals surface area contributed by atoms with E-state index >= 15 is 0 Å². The van der Waals surface area contributed by atoms with E-state index in [-0.39, 0.29) is 0 Å². The summed E-state index contributed by atoms with van der Waals surface area (Å²) in [4.78, 5) is 2.61. The standard InChI is InChI=1S/C13H27N3/c1-11(16-8-2-3-9-16)10-15-13-6-4-12(14)5-7-13/h11-13,15H,2-10,14H2,1H3. The number of hydrogen-bond donors (Lipinski definition) is 2. The van der Waals surface area contributed by atoms with Gasteiger partial charge in [-0.25, -0.2) is 0 Å². The SMILES string of the molecule is CC(CNC1CCC(N)CC1)N1CCCC1. The first kappa shape index (κ1) is 12.3. The highest BCUT2D eigenvalue weighted by molar-refractivity contribution is 4.81. The Morgan fingerprint density at radius 1 is 1.19 bits per heavy atom. The topological polar surface area (TPSA) is 41.3 Å². The van der Waals surface area contributed by atoms with Gasteiger partial charge in [-0.2, -0.15) is 0 Å². The summed E-state index contributed by atoms with van der Waals surface area (Å²) >= 11 is 0. The molecule has 3 N–H and O–H groups in total. The number of nitrogens with one attached hydrogen (secondary N) is 1. The number of nitrogens with zero attached hydrogens (tertiary/aromatic N) is 1. The molecule has 2 aliphatic rings. The lowest BCUT2D eigenvalue weighted by Gasteiger charge is -2.30. The van der Waals surface area contributed by atoms with E-state index in [2.05, 4.69) is 17.1 Å². The molecular weight excluding hydrogens is 198 g/mol. The summed E-state index contributed by atoms with van der Waals surface area (Å²) in [6.07, 6.45) is 7.73. The van der Waals surface area contributed by atoms with Crippen molar-refractivity contribution >= 4 is 0 Å². The first-order valence-electron chi connectivity index (χ1n) is 6.98. The van der Waals surface area contributed by atoms with Gasteiger partial charge < -0.3 is 11.1 Å². The summed E-state index contributed by atoms with van der Waals surface area (Å²) in [6, 6.07) is 1.90. The number of hydrogen-bond acceptors (Lipinski definition) is 3. The van der Waals surface area contributed by atoms with Gasteiger partial charge in [0.05, 0.1) is 0 Å². The van der Waals surface area contributed by atoms with Crippen LogP contribution in [0.25, 0.3) is 0 Å². The minimum atomic E-state index is 0.467. The molecule has 2 rings (SSSR count). The van der Waals surface area contributed by atoms with Crippen LogP contribution in [0.3, 0.4) is 0 Å². The lowest BCUT2D eigenvalue weighted by Crippen LogP contribution is -2.44. The summed E-state index contributed by atoms with van der Waals surface area (Å²) in [6.45, 7) is 6.11. The van der Waals surface area contributed by atoms with Gasteiger partial charge in [0.25, 0.3) is 0 Å². The van der Waals surface area contributed by atoms with Crippen LogP contribution in [-0.4, -0.2) is 42.7 Å². The van der Waals surface area contributed by atoms with Gasteiger partial charge in [-0.05, 0) is 58.5 Å². The summed E-state index contributed by atoms with van der Waals surface area (Å²) < 4.78 is 0. The van der Waals surface area contributed by atoms with Crippen LogP contribution < -0.4 is 11.1 Å². The second-order valence-electron chi connectivity index (χ2n) is 5.61. The zero-order chi connectivity index (χ0) is 11.4. The third-order valence-corrected chi connectivity index (χ3v) is 4.24. The van der Waals surface area contributed by atoms with Crippen molar-refractivity contribution in [3.8, 4) is 0 Å². The predicted molar refractivity (Wildman–Crippen MR) is 68.5 cm³/mol. The normalized spacial score (nSPS) is 34.1. The predicted octanol–water partition coefficient (Wildman–Crippen LogP) is 1.33. The fraction of sp³-hybridized carbons (Fsp3) is 1.00. The van der Waals surface area contributed by atoms with Crippen molar-refractivity contribution in [1.29, 1.82) is 0 Å². The molecule has 1 aliphatic carbocycles. The van der Waals surface area contributed by atoms with E-state index in [4.69, 9.17) is 5.73 Å². The fourth-order valence-electron chi connectivity index (χ4n) is 2.97. The van der Waals surface area contributed by atoms with E-state index in [9.17, 15) is 0 Å². The summed E-state index contributed by atoms with van der Waals surface area (Å²) in [7, 11) is 0. The third kappa shape index (κ3) is 3.44. The lowest BCUT2D eigenvalue weighted by atomic mass is 9.92. The Kier molecular flexibility index (Phi) is 4.62. The maximum absolute atomic E-state index is 5.92. The molecule has 0 radical (unpaired) electrons. The molecule has 1 atom stereocenters. The van der Waals surface area contributed by atoms with Gasteiger partial charge in [0.1, 0.15) is 0 Å². The van der Waals surface area contributed by atoms with Gasteiger partial charge >= 0.3 is 0 Å². The highest BCUT2D eigenvalue weighted by Gasteiger charge is 2.21. The molecule has 3 nitrogen and oxygen atoms in total. The number of likely N-dealkylation sites (tertiary alicyclic amines) is 1. The van der Waals surface area contributed by atoms with Crippen molar-refractivity contribution in [3.05, 3.63) is 0 Å². The molecule has 0 aromatic heterocycles. The summed E-state index contributed by atoms with van der Waals surface area (Å²) in [5.74, 6) is 0. The van der Waals surface area contributed by atoms with Gasteiger partial charge in [0.2, 0.25) is 0 Å². The molecule has 16 heavy (non-hydrogen) atoms. The molecule has 0 aromatic carbocycles. The monoisotopic (exact) mass is 225 g/mol. The summed E-state index contributed by atoms with van der Waals surface area (Å²) in [5, 5.41) is 3.72. The van der Waals surface area contributed by atoms with Gasteiger partial charge in [0, 0.05) is 24.7 Å². The second kappa shape index (κ2) is 5.99. The van der Waals surface area contributed by atoms with Crippen LogP contribution in [0.2, 0.25) is 0 Å². The van der Waals surface area contributed by atoms with Crippen LogP contribution in [0, 0.1) is 0 Å². The van der Waals surface area contributed by atoms with Gasteiger partial charge in [-0.3, -0.25) is 4.90 Å². The lowest BCUT2D eigenvalue weighted by molar-refractivity contribution is 0.235. The average Bonchev–Trinajstić information content (AvgIpc) is 2.81. The van der Waals surface area contributed by atoms with Gasteiger partial charge in [-0.1, -0.05) is 0 Å². The van der Waals surface area contributed by atoms with E-state index < -0.39 is 0 Å². The maximum Gasteiger partial charge on any atom is 0.0192 e. The largest absolute Gasteiger partial charge is 0.328 e. The fourth-order valence-corrected chi connectivity index (χ4v) is 2.97. The van der Waals surface area contributed by atoms with E-state index in [1.807, 2.05) is 0 Å². The molecule has 1 saturated heterocycles. The van der Waals surface area contributed by atoms with Crippen molar-refractivity contribution in [2.24, 2.45) is 5.73 Å². The average molecular weight is 225 g/mol. The van der Waals surface area contributed by atoms with Gasteiger partial charge in [-0.15, -0.1) is 0 Å². The maximum atomic E-state index is 5.92. The number of nitrogens with two attached hydrogens (primary N) is 1. The minimum Gasteiger partial charge on any atom is -0.328 e. The Hall–Kier alpha value is -0.120. The van der Waals surface area contributed by atoms with E-state index in [1.54, 1.807) is 0 Å². The van der Waals surface area contributed by atoms with Crippen LogP contribution >= 0.6 is 0 Å². The molecular formula is C13H27N3. The number of rotatable bonds is 4. The van der Waals surface area contributed by atoms with Crippen LogP contribution in [0.1, 0.15) is 45.4 Å². The zero-order valence-electron chi connectivity index (χ0n) is 10.6. The second-order valence-corrected chi connectivity index (χ2v) is 5.61. The molecule has 1 heterocycles. The summed E-state index contributed by atoms with van der Waals surface area (Å²) in [5.41, 5.74) is 5.92. The van der Waals surface area contributed by atoms with Crippen molar-refractivity contribution in [2.45, 2.75) is 63.6 Å². The molecule has 1 saturated carbocycles. The van der Waals surface area contributed by atoms with Crippen LogP contribution in [0.15, 0.2) is 0 Å². The zero-order valence-corrected chi connectivity index (χ0v) is 10.6. The van der Waals surface area contributed by atoms with Crippen LogP contribution in [-0.2, 0) is 0 Å². The molecule has 1 aliphatic heterocycles. The molecule has 2 fully saturated rings. The molecule has 0 amide bonds.